The number of amides is 2. The van der Waals surface area contributed by atoms with E-state index in [2.05, 4.69) is 15.5 Å². The molecular weight excluding hydrogens is 348 g/mol. The molecule has 2 aromatic rings. The average Bonchev–Trinajstić information content (AvgIpc) is 3.37. The van der Waals surface area contributed by atoms with E-state index in [1.807, 2.05) is 25.1 Å². The maximum absolute atomic E-state index is 13.1. The normalized spacial score (nSPS) is 22.6. The van der Waals surface area contributed by atoms with E-state index in [1.165, 1.54) is 4.90 Å². The van der Waals surface area contributed by atoms with Crippen LogP contribution in [0.15, 0.2) is 18.2 Å². The molecule has 1 aliphatic carbocycles. The van der Waals surface area contributed by atoms with E-state index in [-0.39, 0.29) is 43.1 Å². The van der Waals surface area contributed by atoms with E-state index in [0.717, 1.165) is 23.9 Å². The fourth-order valence-electron chi connectivity index (χ4n) is 3.62. The van der Waals surface area contributed by atoms with Crippen molar-refractivity contribution < 1.29 is 19.5 Å². The van der Waals surface area contributed by atoms with Gasteiger partial charge in [-0.15, -0.1) is 0 Å². The van der Waals surface area contributed by atoms with E-state index in [1.54, 1.807) is 0 Å². The number of hydrogen-bond donors (Lipinski definition) is 3. The standard InChI is InChI=1S/C19H22N4O4/c1-10-2-5-15-14(6-10)16(22-21-15)18(25)23-8-11(7-12(9-23)19(26)27)17(24)20-13-3-4-13/h2,5-6,11-13H,3-4,7-9H2,1H3,(H,20,24)(H,21,22)(H,26,27)/t11-,12+/m1/s1. The number of aromatic amines is 1. The number of piperidine rings is 1. The number of carbonyl (C=O) groups excluding carboxylic acids is 2. The lowest BCUT2D eigenvalue weighted by Gasteiger charge is -2.35. The summed E-state index contributed by atoms with van der Waals surface area (Å²) in [6.07, 6.45) is 2.17. The van der Waals surface area contributed by atoms with Crippen LogP contribution in [0.5, 0.6) is 0 Å². The van der Waals surface area contributed by atoms with Crippen LogP contribution >= 0.6 is 0 Å². The monoisotopic (exact) mass is 370 g/mol. The second-order valence-corrected chi connectivity index (χ2v) is 7.58. The summed E-state index contributed by atoms with van der Waals surface area (Å²) >= 11 is 0. The van der Waals surface area contributed by atoms with Crippen LogP contribution in [-0.4, -0.2) is 57.1 Å². The number of hydrogen-bond acceptors (Lipinski definition) is 4. The first kappa shape index (κ1) is 17.5. The smallest absolute Gasteiger partial charge is 0.308 e. The van der Waals surface area contributed by atoms with Crippen molar-refractivity contribution in [3.8, 4) is 0 Å². The van der Waals surface area contributed by atoms with Crippen LogP contribution in [0.3, 0.4) is 0 Å². The quantitative estimate of drug-likeness (QED) is 0.751. The number of likely N-dealkylation sites (tertiary alicyclic amines) is 1. The molecule has 3 N–H and O–H groups in total. The van der Waals surface area contributed by atoms with Crippen molar-refractivity contribution in [3.05, 3.63) is 29.5 Å². The highest BCUT2D eigenvalue weighted by atomic mass is 16.4. The Morgan fingerprint density at radius 3 is 2.67 bits per heavy atom. The van der Waals surface area contributed by atoms with Gasteiger partial charge in [-0.1, -0.05) is 11.6 Å². The molecule has 8 heteroatoms. The van der Waals surface area contributed by atoms with E-state index >= 15 is 0 Å². The number of H-pyrrole nitrogens is 1. The molecule has 2 heterocycles. The van der Waals surface area contributed by atoms with Crippen molar-refractivity contribution in [1.29, 1.82) is 0 Å². The molecule has 0 radical (unpaired) electrons. The van der Waals surface area contributed by atoms with E-state index in [9.17, 15) is 19.5 Å². The molecule has 1 aromatic heterocycles. The van der Waals surface area contributed by atoms with Gasteiger partial charge in [0.15, 0.2) is 5.69 Å². The third-order valence-electron chi connectivity index (χ3n) is 5.30. The van der Waals surface area contributed by atoms with Crippen molar-refractivity contribution in [2.24, 2.45) is 11.8 Å². The summed E-state index contributed by atoms with van der Waals surface area (Å²) in [4.78, 5) is 38.6. The molecule has 2 amide bonds. The number of aromatic nitrogens is 2. The molecule has 27 heavy (non-hydrogen) atoms. The van der Waals surface area contributed by atoms with Crippen LogP contribution in [0.4, 0.5) is 0 Å². The number of nitrogens with zero attached hydrogens (tertiary/aromatic N) is 2. The molecule has 1 saturated carbocycles. The molecule has 1 aromatic carbocycles. The third kappa shape index (κ3) is 3.51. The largest absolute Gasteiger partial charge is 0.481 e. The number of aliphatic carboxylic acids is 1. The van der Waals surface area contributed by atoms with Gasteiger partial charge in [-0.3, -0.25) is 19.5 Å². The number of carboxylic acids is 1. The fraction of sp³-hybridized carbons (Fsp3) is 0.474. The Morgan fingerprint density at radius 1 is 1.22 bits per heavy atom. The fourth-order valence-corrected chi connectivity index (χ4v) is 3.62. The Labute approximate surface area is 155 Å². The summed E-state index contributed by atoms with van der Waals surface area (Å²) in [5, 5.41) is 20.1. The summed E-state index contributed by atoms with van der Waals surface area (Å²) in [6, 6.07) is 5.86. The number of aryl methyl sites for hydroxylation is 1. The van der Waals surface area contributed by atoms with Crippen molar-refractivity contribution >= 4 is 28.7 Å². The van der Waals surface area contributed by atoms with Gasteiger partial charge in [0.1, 0.15) is 0 Å². The van der Waals surface area contributed by atoms with Gasteiger partial charge in [0.25, 0.3) is 5.91 Å². The predicted octanol–water partition coefficient (Wildman–Crippen LogP) is 1.31. The second-order valence-electron chi connectivity index (χ2n) is 7.58. The first-order chi connectivity index (χ1) is 12.9. The lowest BCUT2D eigenvalue weighted by atomic mass is 9.88. The molecule has 8 nitrogen and oxygen atoms in total. The maximum Gasteiger partial charge on any atom is 0.308 e. The zero-order valence-corrected chi connectivity index (χ0v) is 15.1. The molecule has 1 saturated heterocycles. The first-order valence-electron chi connectivity index (χ1n) is 9.19. The molecule has 0 unspecified atom stereocenters. The van der Waals surface area contributed by atoms with Crippen LogP contribution < -0.4 is 5.32 Å². The third-order valence-corrected chi connectivity index (χ3v) is 5.30. The van der Waals surface area contributed by atoms with Crippen molar-refractivity contribution in [1.82, 2.24) is 20.4 Å². The number of benzene rings is 1. The topological polar surface area (TPSA) is 115 Å². The average molecular weight is 370 g/mol. The van der Waals surface area contributed by atoms with Crippen molar-refractivity contribution in [2.75, 3.05) is 13.1 Å². The van der Waals surface area contributed by atoms with Gasteiger partial charge in [-0.25, -0.2) is 0 Å². The number of rotatable bonds is 4. The van der Waals surface area contributed by atoms with Gasteiger partial charge in [0.2, 0.25) is 5.91 Å². The molecule has 2 atom stereocenters. The highest BCUT2D eigenvalue weighted by Crippen LogP contribution is 2.27. The van der Waals surface area contributed by atoms with Crippen LogP contribution in [0.2, 0.25) is 0 Å². The van der Waals surface area contributed by atoms with E-state index in [0.29, 0.717) is 5.39 Å². The minimum atomic E-state index is -0.987. The zero-order valence-electron chi connectivity index (χ0n) is 15.1. The number of carboxylic acid groups (broad SMARTS) is 1. The summed E-state index contributed by atoms with van der Waals surface area (Å²) in [7, 11) is 0. The molecule has 4 rings (SSSR count). The summed E-state index contributed by atoms with van der Waals surface area (Å²) in [5.41, 5.74) is 2.02. The van der Waals surface area contributed by atoms with Crippen LogP contribution in [0, 0.1) is 18.8 Å². The van der Waals surface area contributed by atoms with Crippen molar-refractivity contribution in [2.45, 2.75) is 32.2 Å². The highest BCUT2D eigenvalue weighted by molar-refractivity contribution is 6.05. The Morgan fingerprint density at radius 2 is 1.96 bits per heavy atom. The first-order valence-corrected chi connectivity index (χ1v) is 9.19. The molecule has 0 bridgehead atoms. The lowest BCUT2D eigenvalue weighted by Crippen LogP contribution is -2.50. The zero-order chi connectivity index (χ0) is 19.1. The summed E-state index contributed by atoms with van der Waals surface area (Å²) < 4.78 is 0. The predicted molar refractivity (Wildman–Crippen MR) is 97.1 cm³/mol. The van der Waals surface area contributed by atoms with E-state index in [4.69, 9.17) is 0 Å². The summed E-state index contributed by atoms with van der Waals surface area (Å²) in [6.45, 7) is 2.23. The van der Waals surface area contributed by atoms with Gasteiger partial charge in [0, 0.05) is 24.5 Å². The van der Waals surface area contributed by atoms with Gasteiger partial charge in [-0.2, -0.15) is 5.10 Å². The Kier molecular flexibility index (Phi) is 4.33. The number of carbonyl (C=O) groups is 3. The number of nitrogens with one attached hydrogen (secondary N) is 2. The second kappa shape index (κ2) is 6.68. The molecule has 2 aliphatic rings. The maximum atomic E-state index is 13.1. The van der Waals surface area contributed by atoms with Gasteiger partial charge < -0.3 is 15.3 Å². The van der Waals surface area contributed by atoms with Crippen LogP contribution in [0.1, 0.15) is 35.3 Å². The van der Waals surface area contributed by atoms with Crippen LogP contribution in [-0.2, 0) is 9.59 Å². The molecular formula is C19H22N4O4. The minimum absolute atomic E-state index is 0.0849. The van der Waals surface area contributed by atoms with Gasteiger partial charge >= 0.3 is 5.97 Å². The molecule has 2 fully saturated rings. The lowest BCUT2D eigenvalue weighted by molar-refractivity contribution is -0.144. The number of fused-ring (bicyclic) bond motifs is 1. The highest BCUT2D eigenvalue weighted by Gasteiger charge is 2.39. The van der Waals surface area contributed by atoms with Crippen LogP contribution in [0.25, 0.3) is 10.9 Å². The SMILES string of the molecule is Cc1ccc2[nH]nc(C(=O)N3C[C@@H](C(=O)O)C[C@@H](C(=O)NC4CC4)C3)c2c1. The van der Waals surface area contributed by atoms with Crippen molar-refractivity contribution in [3.63, 3.8) is 0 Å². The molecule has 142 valence electrons. The molecule has 0 spiro atoms. The Bertz CT molecular complexity index is 918. The Hall–Kier alpha value is -2.90. The van der Waals surface area contributed by atoms with E-state index < -0.39 is 17.8 Å². The van der Waals surface area contributed by atoms with Gasteiger partial charge in [-0.05, 0) is 38.3 Å². The minimum Gasteiger partial charge on any atom is -0.481 e. The molecule has 1 aliphatic heterocycles. The summed E-state index contributed by atoms with van der Waals surface area (Å²) in [5.74, 6) is -2.77. The Balaban J connectivity index is 1.59. The van der Waals surface area contributed by atoms with Gasteiger partial charge in [0.05, 0.1) is 17.4 Å².